The average Bonchev–Trinajstić information content (AvgIpc) is 3.66. The Balaban J connectivity index is 1.23. The molecule has 40 heavy (non-hydrogen) atoms. The molecule has 3 aromatic rings. The second-order valence-electron chi connectivity index (χ2n) is 11.3. The first kappa shape index (κ1) is 27.0. The van der Waals surface area contributed by atoms with Crippen molar-refractivity contribution in [3.05, 3.63) is 47.1 Å². The lowest BCUT2D eigenvalue weighted by atomic mass is 9.88. The van der Waals surface area contributed by atoms with E-state index >= 15 is 0 Å². The monoisotopic (exact) mass is 565 g/mol. The highest BCUT2D eigenvalue weighted by Crippen LogP contribution is 2.46. The third kappa shape index (κ3) is 5.16. The molecule has 0 radical (unpaired) electrons. The smallest absolute Gasteiger partial charge is 0.223 e. The van der Waals surface area contributed by atoms with Crippen molar-refractivity contribution in [2.24, 2.45) is 23.5 Å². The van der Waals surface area contributed by atoms with Gasteiger partial charge in [0.15, 0.2) is 5.65 Å². The zero-order valence-electron chi connectivity index (χ0n) is 22.8. The van der Waals surface area contributed by atoms with E-state index in [-0.39, 0.29) is 35.8 Å². The molecule has 10 nitrogen and oxygen atoms in total. The van der Waals surface area contributed by atoms with Gasteiger partial charge in [-0.2, -0.15) is 0 Å². The first-order valence-electron chi connectivity index (χ1n) is 13.9. The third-order valence-corrected chi connectivity index (χ3v) is 8.77. The highest BCUT2D eigenvalue weighted by atomic mass is 35.5. The van der Waals surface area contributed by atoms with Gasteiger partial charge in [0.1, 0.15) is 17.1 Å². The van der Waals surface area contributed by atoms with Crippen LogP contribution in [0.15, 0.2) is 36.5 Å². The molecule has 0 unspecified atom stereocenters. The van der Waals surface area contributed by atoms with Crippen molar-refractivity contribution in [2.45, 2.75) is 32.0 Å². The number of carbonyl (C=O) groups is 1. The number of carbonyl (C=O) groups excluding carboxylic acids is 1. The largest absolute Gasteiger partial charge is 0.496 e. The van der Waals surface area contributed by atoms with Crippen LogP contribution in [0.3, 0.4) is 0 Å². The van der Waals surface area contributed by atoms with Crippen molar-refractivity contribution in [3.63, 3.8) is 0 Å². The van der Waals surface area contributed by atoms with Gasteiger partial charge in [0.2, 0.25) is 5.91 Å². The summed E-state index contributed by atoms with van der Waals surface area (Å²) in [5.74, 6) is 1.14. The Hall–Kier alpha value is -3.18. The molecule has 1 aliphatic heterocycles. The number of nitrogens with one attached hydrogen (secondary N) is 2. The van der Waals surface area contributed by atoms with Crippen LogP contribution in [0.2, 0.25) is 5.02 Å². The molecule has 3 heterocycles. The highest BCUT2D eigenvalue weighted by molar-refractivity contribution is 6.34. The minimum Gasteiger partial charge on any atom is -0.496 e. The fourth-order valence-electron chi connectivity index (χ4n) is 6.57. The number of hydrogen-bond acceptors (Lipinski definition) is 8. The third-order valence-electron chi connectivity index (χ3n) is 8.49. The molecule has 2 aromatic heterocycles. The van der Waals surface area contributed by atoms with Crippen molar-refractivity contribution < 1.29 is 14.6 Å². The van der Waals surface area contributed by atoms with Gasteiger partial charge in [0, 0.05) is 45.3 Å². The molecule has 6 rings (SSSR count). The van der Waals surface area contributed by atoms with Gasteiger partial charge in [-0.05, 0) is 42.9 Å². The van der Waals surface area contributed by atoms with Crippen molar-refractivity contribution in [1.82, 2.24) is 24.8 Å². The minimum absolute atomic E-state index is 0.134. The predicted octanol–water partition coefficient (Wildman–Crippen LogP) is 2.87. The number of aliphatic hydroxyl groups is 1. The van der Waals surface area contributed by atoms with Gasteiger partial charge in [0.05, 0.1) is 41.6 Å². The standard InChI is InChI=1S/C29H36ClN7O3/c1-16(38)14-36-7-9-37(10-8-36)15-17-3-6-20(22(11-17)40-2)28-34-26-25(21(30)13-32-29(26)35-28)33-24-19-5-4-18(12-19)23(24)27(31)39/h3-6,11,13,16,18-19,23-24,38H,7-10,12,14-15H2,1-2H3,(H2,31,39)(H2,32,33,34,35)/t16-,18-,19+,23+,24-/m1/s1. The second kappa shape index (κ2) is 11.0. The molecule has 212 valence electrons. The van der Waals surface area contributed by atoms with Crippen molar-refractivity contribution in [1.29, 1.82) is 0 Å². The number of aromatic nitrogens is 3. The maximum Gasteiger partial charge on any atom is 0.223 e. The highest BCUT2D eigenvalue weighted by Gasteiger charge is 2.47. The summed E-state index contributed by atoms with van der Waals surface area (Å²) in [5.41, 5.74) is 9.64. The summed E-state index contributed by atoms with van der Waals surface area (Å²) in [6.07, 6.45) is 6.45. The Morgan fingerprint density at radius 2 is 2.00 bits per heavy atom. The predicted molar refractivity (Wildman–Crippen MR) is 155 cm³/mol. The second-order valence-corrected chi connectivity index (χ2v) is 11.7. The van der Waals surface area contributed by atoms with Crippen LogP contribution in [0, 0.1) is 17.8 Å². The molecular weight excluding hydrogens is 530 g/mol. The topological polar surface area (TPSA) is 133 Å². The number of amides is 1. The number of aliphatic hydroxyl groups excluding tert-OH is 1. The molecule has 2 aliphatic carbocycles. The van der Waals surface area contributed by atoms with Crippen LogP contribution in [0.25, 0.3) is 22.6 Å². The maximum absolute atomic E-state index is 12.3. The van der Waals surface area contributed by atoms with E-state index < -0.39 is 0 Å². The molecule has 2 fully saturated rings. The number of ether oxygens (including phenoxy) is 1. The van der Waals surface area contributed by atoms with Crippen LogP contribution < -0.4 is 15.8 Å². The number of methoxy groups -OCH3 is 1. The number of pyridine rings is 1. The van der Waals surface area contributed by atoms with E-state index in [1.54, 1.807) is 13.3 Å². The summed E-state index contributed by atoms with van der Waals surface area (Å²) in [7, 11) is 1.66. The van der Waals surface area contributed by atoms with Gasteiger partial charge in [0.25, 0.3) is 0 Å². The zero-order valence-corrected chi connectivity index (χ0v) is 23.6. The Morgan fingerprint density at radius 1 is 1.25 bits per heavy atom. The van der Waals surface area contributed by atoms with Gasteiger partial charge in [-0.3, -0.25) is 14.6 Å². The van der Waals surface area contributed by atoms with Crippen LogP contribution in [-0.2, 0) is 11.3 Å². The summed E-state index contributed by atoms with van der Waals surface area (Å²) < 4.78 is 5.79. The molecule has 1 saturated carbocycles. The number of H-pyrrole nitrogens is 1. The van der Waals surface area contributed by atoms with E-state index in [4.69, 9.17) is 27.1 Å². The molecule has 3 aliphatic rings. The van der Waals surface area contributed by atoms with E-state index in [0.717, 1.165) is 62.6 Å². The maximum atomic E-state index is 12.3. The van der Waals surface area contributed by atoms with Gasteiger partial charge in [-0.1, -0.05) is 29.8 Å². The van der Waals surface area contributed by atoms with Crippen LogP contribution in [0.5, 0.6) is 5.75 Å². The van der Waals surface area contributed by atoms with Gasteiger partial charge in [-0.15, -0.1) is 0 Å². The summed E-state index contributed by atoms with van der Waals surface area (Å²) in [6.45, 7) is 7.18. The molecular formula is C29H36ClN7O3. The van der Waals surface area contributed by atoms with E-state index in [2.05, 4.69) is 49.4 Å². The minimum atomic E-state index is -0.304. The molecule has 5 atom stereocenters. The van der Waals surface area contributed by atoms with Crippen LogP contribution >= 0.6 is 11.6 Å². The number of anilines is 1. The number of allylic oxidation sites excluding steroid dienone is 1. The number of primary amides is 1. The summed E-state index contributed by atoms with van der Waals surface area (Å²) in [6, 6.07) is 6.05. The fourth-order valence-corrected chi connectivity index (χ4v) is 6.77. The van der Waals surface area contributed by atoms with E-state index in [1.165, 1.54) is 0 Å². The Bertz CT molecular complexity index is 1430. The van der Waals surface area contributed by atoms with Crippen molar-refractivity contribution in [2.75, 3.05) is 45.2 Å². The summed E-state index contributed by atoms with van der Waals surface area (Å²) in [5, 5.41) is 13.6. The number of nitrogens with two attached hydrogens (primary N) is 1. The number of hydrogen-bond donors (Lipinski definition) is 4. The Labute approximate surface area is 238 Å². The number of nitrogens with zero attached hydrogens (tertiary/aromatic N) is 4. The van der Waals surface area contributed by atoms with Gasteiger partial charge < -0.3 is 25.9 Å². The molecule has 2 bridgehead atoms. The number of aromatic amines is 1. The number of piperazine rings is 1. The number of rotatable bonds is 9. The number of halogens is 1. The molecule has 1 saturated heterocycles. The van der Waals surface area contributed by atoms with E-state index in [0.29, 0.717) is 27.7 Å². The van der Waals surface area contributed by atoms with E-state index in [1.807, 2.05) is 13.0 Å². The van der Waals surface area contributed by atoms with Crippen LogP contribution in [0.1, 0.15) is 18.9 Å². The molecule has 1 aromatic carbocycles. The lowest BCUT2D eigenvalue weighted by molar-refractivity contribution is -0.122. The molecule has 0 spiro atoms. The van der Waals surface area contributed by atoms with Crippen molar-refractivity contribution >= 4 is 34.4 Å². The SMILES string of the molecule is COc1cc(CN2CCN(C[C@@H](C)O)CC2)ccc1-c1nc2ncc(Cl)c(N[C@H]3[C@@H](C(N)=O)[C@@H]4C=C[C@H]3C4)c2[nH]1. The van der Waals surface area contributed by atoms with Gasteiger partial charge >= 0.3 is 0 Å². The number of benzene rings is 1. The molecule has 1 amide bonds. The quantitative estimate of drug-likeness (QED) is 0.291. The van der Waals surface area contributed by atoms with Gasteiger partial charge in [-0.25, -0.2) is 9.97 Å². The number of imidazole rings is 1. The number of β-amino-alcohol motifs (C(OH)–C–C–N with tert-alkyl or cyclic N) is 1. The molecule has 11 heteroatoms. The summed E-state index contributed by atoms with van der Waals surface area (Å²) in [4.78, 5) is 29.6. The van der Waals surface area contributed by atoms with E-state index in [9.17, 15) is 9.90 Å². The fraction of sp³-hybridized carbons (Fsp3) is 0.483. The first-order chi connectivity index (χ1) is 19.3. The molecule has 5 N–H and O–H groups in total. The average molecular weight is 566 g/mol. The summed E-state index contributed by atoms with van der Waals surface area (Å²) >= 11 is 6.62. The lowest BCUT2D eigenvalue weighted by Gasteiger charge is -2.35. The van der Waals surface area contributed by atoms with Crippen LogP contribution in [0.4, 0.5) is 5.69 Å². The normalized spacial score (nSPS) is 25.5. The number of fused-ring (bicyclic) bond motifs is 3. The first-order valence-corrected chi connectivity index (χ1v) is 14.3. The van der Waals surface area contributed by atoms with Crippen LogP contribution in [-0.4, -0.2) is 87.7 Å². The lowest BCUT2D eigenvalue weighted by Crippen LogP contribution is -2.47. The zero-order chi connectivity index (χ0) is 28.0. The Morgan fingerprint density at radius 3 is 2.73 bits per heavy atom. The van der Waals surface area contributed by atoms with Crippen molar-refractivity contribution in [3.8, 4) is 17.1 Å². The Kier molecular flexibility index (Phi) is 7.43.